The monoisotopic (exact) mass is 285 g/mol. The highest BCUT2D eigenvalue weighted by molar-refractivity contribution is 5.84. The number of nitrogens with one attached hydrogen (secondary N) is 1. The molecule has 4 heteroatoms. The van der Waals surface area contributed by atoms with Gasteiger partial charge in [-0.1, -0.05) is 43.3 Å². The molecule has 0 aliphatic rings. The number of ether oxygens (including phenoxy) is 1. The first kappa shape index (κ1) is 14.9. The maximum Gasteiger partial charge on any atom is 0.334 e. The maximum absolute atomic E-state index is 11.9. The predicted molar refractivity (Wildman–Crippen MR) is 82.7 cm³/mol. The Kier molecular flexibility index (Phi) is 4.48. The summed E-state index contributed by atoms with van der Waals surface area (Å²) in [6, 6.07) is 16.5. The fourth-order valence-corrected chi connectivity index (χ4v) is 2.36. The minimum absolute atomic E-state index is 0.420. The van der Waals surface area contributed by atoms with Gasteiger partial charge in [0.2, 0.25) is 0 Å². The molecule has 0 saturated heterocycles. The first-order valence-corrected chi connectivity index (χ1v) is 6.83. The molecule has 0 aliphatic carbocycles. The topological polar surface area (TPSA) is 58.6 Å². The largest absolute Gasteiger partial charge is 0.497 e. The van der Waals surface area contributed by atoms with Crippen LogP contribution in [0.25, 0.3) is 0 Å². The zero-order valence-electron chi connectivity index (χ0n) is 12.2. The third kappa shape index (κ3) is 2.99. The molecule has 1 unspecified atom stereocenters. The highest BCUT2D eigenvalue weighted by atomic mass is 16.5. The van der Waals surface area contributed by atoms with Gasteiger partial charge in [0.05, 0.1) is 7.11 Å². The number of rotatable bonds is 6. The van der Waals surface area contributed by atoms with Crippen LogP contribution >= 0.6 is 0 Å². The van der Waals surface area contributed by atoms with Crippen molar-refractivity contribution in [2.75, 3.05) is 12.4 Å². The zero-order valence-corrected chi connectivity index (χ0v) is 12.2. The Balaban J connectivity index is 2.43. The molecule has 2 rings (SSSR count). The second-order valence-electron chi connectivity index (χ2n) is 4.79. The zero-order chi connectivity index (χ0) is 15.3. The quantitative estimate of drug-likeness (QED) is 0.853. The number of benzene rings is 2. The van der Waals surface area contributed by atoms with Crippen LogP contribution in [-0.2, 0) is 10.3 Å². The molecule has 2 aromatic carbocycles. The molecule has 0 heterocycles. The van der Waals surface area contributed by atoms with Gasteiger partial charge in [0, 0.05) is 11.8 Å². The first-order chi connectivity index (χ1) is 10.1. The molecule has 2 N–H and O–H groups in total. The molecular formula is C17H19NO3. The van der Waals surface area contributed by atoms with Crippen LogP contribution in [0.1, 0.15) is 18.9 Å². The highest BCUT2D eigenvalue weighted by Crippen LogP contribution is 2.31. The normalized spacial score (nSPS) is 13.2. The molecule has 0 bridgehead atoms. The molecule has 0 amide bonds. The van der Waals surface area contributed by atoms with Crippen molar-refractivity contribution in [2.24, 2.45) is 0 Å². The molecule has 0 saturated carbocycles. The smallest absolute Gasteiger partial charge is 0.334 e. The van der Waals surface area contributed by atoms with Gasteiger partial charge in [-0.2, -0.15) is 0 Å². The molecule has 110 valence electrons. The van der Waals surface area contributed by atoms with Crippen molar-refractivity contribution < 1.29 is 14.6 Å². The summed E-state index contributed by atoms with van der Waals surface area (Å²) in [6.45, 7) is 1.86. The minimum atomic E-state index is -1.16. The van der Waals surface area contributed by atoms with E-state index in [1.165, 1.54) is 0 Å². The molecule has 21 heavy (non-hydrogen) atoms. The van der Waals surface area contributed by atoms with Crippen molar-refractivity contribution in [1.82, 2.24) is 0 Å². The van der Waals surface area contributed by atoms with Gasteiger partial charge in [0.1, 0.15) is 5.75 Å². The van der Waals surface area contributed by atoms with Crippen LogP contribution in [0.3, 0.4) is 0 Å². The summed E-state index contributed by atoms with van der Waals surface area (Å²) in [4.78, 5) is 11.9. The number of hydrogen-bond acceptors (Lipinski definition) is 3. The number of aliphatic carboxylic acids is 1. The fourth-order valence-electron chi connectivity index (χ4n) is 2.36. The molecule has 0 aromatic heterocycles. The lowest BCUT2D eigenvalue weighted by atomic mass is 9.87. The molecular weight excluding hydrogens is 266 g/mol. The highest BCUT2D eigenvalue weighted by Gasteiger charge is 2.38. The van der Waals surface area contributed by atoms with Crippen molar-refractivity contribution in [3.63, 3.8) is 0 Å². The summed E-state index contributed by atoms with van der Waals surface area (Å²) >= 11 is 0. The van der Waals surface area contributed by atoms with E-state index in [0.29, 0.717) is 17.9 Å². The second-order valence-corrected chi connectivity index (χ2v) is 4.79. The van der Waals surface area contributed by atoms with E-state index in [4.69, 9.17) is 4.74 Å². The van der Waals surface area contributed by atoms with Crippen LogP contribution in [0.4, 0.5) is 5.69 Å². The van der Waals surface area contributed by atoms with Gasteiger partial charge < -0.3 is 15.2 Å². The molecule has 0 spiro atoms. The van der Waals surface area contributed by atoms with Crippen molar-refractivity contribution >= 4 is 11.7 Å². The standard InChI is InChI=1S/C17H19NO3/c1-3-17(16(19)20,13-8-5-4-6-9-13)18-14-10-7-11-15(12-14)21-2/h4-12,18H,3H2,1-2H3,(H,19,20). The maximum atomic E-state index is 11.9. The Morgan fingerprint density at radius 1 is 1.19 bits per heavy atom. The average molecular weight is 285 g/mol. The van der Waals surface area contributed by atoms with E-state index in [1.807, 2.05) is 55.5 Å². The van der Waals surface area contributed by atoms with Crippen LogP contribution < -0.4 is 10.1 Å². The van der Waals surface area contributed by atoms with Gasteiger partial charge >= 0.3 is 5.97 Å². The summed E-state index contributed by atoms with van der Waals surface area (Å²) in [5.74, 6) is -0.220. The van der Waals surface area contributed by atoms with Crippen LogP contribution in [0.2, 0.25) is 0 Å². The van der Waals surface area contributed by atoms with E-state index < -0.39 is 11.5 Å². The van der Waals surface area contributed by atoms with E-state index in [2.05, 4.69) is 5.32 Å². The minimum Gasteiger partial charge on any atom is -0.497 e. The van der Waals surface area contributed by atoms with Crippen LogP contribution in [0.15, 0.2) is 54.6 Å². The van der Waals surface area contributed by atoms with Gasteiger partial charge in [0.25, 0.3) is 0 Å². The fraction of sp³-hybridized carbons (Fsp3) is 0.235. The molecule has 4 nitrogen and oxygen atoms in total. The van der Waals surface area contributed by atoms with Crippen LogP contribution in [0, 0.1) is 0 Å². The summed E-state index contributed by atoms with van der Waals surface area (Å²) in [5.41, 5.74) is 0.276. The second kappa shape index (κ2) is 6.31. The van der Waals surface area contributed by atoms with Gasteiger partial charge in [-0.15, -0.1) is 0 Å². The number of carboxylic acid groups (broad SMARTS) is 1. The lowest BCUT2D eigenvalue weighted by Gasteiger charge is -2.31. The molecule has 0 aliphatic heterocycles. The van der Waals surface area contributed by atoms with Crippen molar-refractivity contribution in [2.45, 2.75) is 18.9 Å². The van der Waals surface area contributed by atoms with Crippen LogP contribution in [-0.4, -0.2) is 18.2 Å². The molecule has 0 radical (unpaired) electrons. The van der Waals surface area contributed by atoms with E-state index in [0.717, 1.165) is 5.56 Å². The number of anilines is 1. The Bertz CT molecular complexity index is 612. The molecule has 1 atom stereocenters. The lowest BCUT2D eigenvalue weighted by Crippen LogP contribution is -2.42. The lowest BCUT2D eigenvalue weighted by molar-refractivity contribution is -0.142. The summed E-state index contributed by atoms with van der Waals surface area (Å²) < 4.78 is 5.18. The Morgan fingerprint density at radius 2 is 1.90 bits per heavy atom. The number of carbonyl (C=O) groups is 1. The number of methoxy groups -OCH3 is 1. The predicted octanol–water partition coefficient (Wildman–Crippen LogP) is 3.50. The van der Waals surface area contributed by atoms with Crippen molar-refractivity contribution in [1.29, 1.82) is 0 Å². The van der Waals surface area contributed by atoms with Gasteiger partial charge in [-0.05, 0) is 24.1 Å². The summed E-state index contributed by atoms with van der Waals surface area (Å²) in [6.07, 6.45) is 0.420. The van der Waals surface area contributed by atoms with E-state index in [1.54, 1.807) is 13.2 Å². The van der Waals surface area contributed by atoms with Gasteiger partial charge in [0.15, 0.2) is 5.54 Å². The summed E-state index contributed by atoms with van der Waals surface area (Å²) in [5, 5.41) is 12.9. The number of carboxylic acids is 1. The van der Waals surface area contributed by atoms with Crippen LogP contribution in [0.5, 0.6) is 5.75 Å². The summed E-state index contributed by atoms with van der Waals surface area (Å²) in [7, 11) is 1.58. The van der Waals surface area contributed by atoms with Crippen molar-refractivity contribution in [3.8, 4) is 5.75 Å². The van der Waals surface area contributed by atoms with Gasteiger partial charge in [-0.3, -0.25) is 0 Å². The van der Waals surface area contributed by atoms with Gasteiger partial charge in [-0.25, -0.2) is 4.79 Å². The van der Waals surface area contributed by atoms with E-state index in [-0.39, 0.29) is 0 Å². The molecule has 2 aromatic rings. The first-order valence-electron chi connectivity index (χ1n) is 6.83. The molecule has 0 fully saturated rings. The van der Waals surface area contributed by atoms with E-state index in [9.17, 15) is 9.90 Å². The Labute approximate surface area is 124 Å². The average Bonchev–Trinajstić information content (AvgIpc) is 2.53. The Morgan fingerprint density at radius 3 is 2.48 bits per heavy atom. The van der Waals surface area contributed by atoms with Crippen molar-refractivity contribution in [3.05, 3.63) is 60.2 Å². The SMILES string of the molecule is CCC(Nc1cccc(OC)c1)(C(=O)O)c1ccccc1. The number of hydrogen-bond donors (Lipinski definition) is 2. The third-order valence-corrected chi connectivity index (χ3v) is 3.59. The van der Waals surface area contributed by atoms with E-state index >= 15 is 0 Å². The Hall–Kier alpha value is -2.49. The third-order valence-electron chi connectivity index (χ3n) is 3.59.